The van der Waals surface area contributed by atoms with Crippen molar-refractivity contribution >= 4 is 15.9 Å². The number of pyridine rings is 1. The normalized spacial score (nSPS) is 8.55. The second-order valence-electron chi connectivity index (χ2n) is 2.11. The molecule has 0 saturated heterocycles. The van der Waals surface area contributed by atoms with Crippen molar-refractivity contribution in [2.45, 2.75) is 13.3 Å². The molecule has 0 unspecified atom stereocenters. The molecule has 0 atom stereocenters. The lowest BCUT2D eigenvalue weighted by molar-refractivity contribution is 1.20. The fraction of sp³-hybridized carbons (Fsp3) is 0.222. The van der Waals surface area contributed by atoms with Crippen LogP contribution in [0.5, 0.6) is 0 Å². The van der Waals surface area contributed by atoms with E-state index in [2.05, 4.69) is 32.8 Å². The van der Waals surface area contributed by atoms with Crippen molar-refractivity contribution in [2.24, 2.45) is 0 Å². The van der Waals surface area contributed by atoms with Crippen molar-refractivity contribution in [3.63, 3.8) is 0 Å². The predicted octanol–water partition coefficient (Wildman–Crippen LogP) is 2.41. The van der Waals surface area contributed by atoms with E-state index < -0.39 is 0 Å². The molecule has 0 saturated carbocycles. The molecule has 0 amide bonds. The molecule has 0 aromatic carbocycles. The first kappa shape index (κ1) is 8.29. The Hall–Kier alpha value is -0.810. The lowest BCUT2D eigenvalue weighted by Crippen LogP contribution is -1.82. The molecule has 11 heavy (non-hydrogen) atoms. The van der Waals surface area contributed by atoms with Gasteiger partial charge in [0.15, 0.2) is 0 Å². The third-order valence-corrected chi connectivity index (χ3v) is 1.66. The van der Waals surface area contributed by atoms with E-state index in [-0.39, 0.29) is 0 Å². The fourth-order valence-corrected chi connectivity index (χ4v) is 1.16. The summed E-state index contributed by atoms with van der Waals surface area (Å²) in [6, 6.07) is 2.03. The molecule has 0 spiro atoms. The fourth-order valence-electron chi connectivity index (χ4n) is 0.743. The number of aromatic nitrogens is 1. The van der Waals surface area contributed by atoms with Crippen molar-refractivity contribution in [2.75, 3.05) is 0 Å². The van der Waals surface area contributed by atoms with Crippen molar-refractivity contribution in [3.8, 4) is 11.8 Å². The molecule has 0 aliphatic heterocycles. The number of halogens is 1. The summed E-state index contributed by atoms with van der Waals surface area (Å²) >= 11 is 3.34. The monoisotopic (exact) mass is 209 g/mol. The Morgan fingerprint density at radius 1 is 1.55 bits per heavy atom. The Bertz CT molecular complexity index is 296. The molecule has 1 rings (SSSR count). The smallest absolute Gasteiger partial charge is 0.0410 e. The quantitative estimate of drug-likeness (QED) is 0.648. The third-order valence-electron chi connectivity index (χ3n) is 1.23. The van der Waals surface area contributed by atoms with E-state index in [4.69, 9.17) is 0 Å². The van der Waals surface area contributed by atoms with Gasteiger partial charge in [-0.25, -0.2) is 0 Å². The Kier molecular flexibility index (Phi) is 3.13. The van der Waals surface area contributed by atoms with E-state index in [1.165, 1.54) is 0 Å². The summed E-state index contributed by atoms with van der Waals surface area (Å²) in [6.45, 7) is 1.84. The van der Waals surface area contributed by atoms with Gasteiger partial charge in [0.1, 0.15) is 0 Å². The largest absolute Gasteiger partial charge is 0.263 e. The van der Waals surface area contributed by atoms with Crippen molar-refractivity contribution < 1.29 is 0 Å². The highest BCUT2D eigenvalue weighted by molar-refractivity contribution is 9.10. The average molecular weight is 210 g/mol. The van der Waals surface area contributed by atoms with Crippen LogP contribution in [-0.4, -0.2) is 4.98 Å². The Morgan fingerprint density at radius 3 is 3.00 bits per heavy atom. The van der Waals surface area contributed by atoms with Gasteiger partial charge in [-0.15, -0.1) is 5.92 Å². The Balaban J connectivity index is 2.76. The molecule has 1 aromatic rings. The van der Waals surface area contributed by atoms with Gasteiger partial charge in [-0.2, -0.15) is 0 Å². The summed E-state index contributed by atoms with van der Waals surface area (Å²) in [7, 11) is 0. The first-order valence-electron chi connectivity index (χ1n) is 3.32. The Morgan fingerprint density at radius 2 is 2.36 bits per heavy atom. The number of hydrogen-bond donors (Lipinski definition) is 0. The summed E-state index contributed by atoms with van der Waals surface area (Å²) in [5.41, 5.74) is 1.15. The molecule has 0 aliphatic carbocycles. The molecule has 1 aromatic heterocycles. The highest BCUT2D eigenvalue weighted by Gasteiger charge is 1.90. The van der Waals surface area contributed by atoms with Crippen LogP contribution in [0.4, 0.5) is 0 Å². The summed E-state index contributed by atoms with van der Waals surface area (Å²) < 4.78 is 1.01. The summed E-state index contributed by atoms with van der Waals surface area (Å²) in [6.07, 6.45) is 4.38. The number of hydrogen-bond acceptors (Lipinski definition) is 1. The van der Waals surface area contributed by atoms with Gasteiger partial charge in [-0.3, -0.25) is 4.98 Å². The van der Waals surface area contributed by atoms with Gasteiger partial charge in [-0.1, -0.05) is 5.92 Å². The van der Waals surface area contributed by atoms with Crippen LogP contribution in [0, 0.1) is 11.8 Å². The lowest BCUT2D eigenvalue weighted by Gasteiger charge is -1.93. The second-order valence-corrected chi connectivity index (χ2v) is 3.03. The van der Waals surface area contributed by atoms with E-state index in [1.54, 1.807) is 6.20 Å². The van der Waals surface area contributed by atoms with Gasteiger partial charge in [0.25, 0.3) is 0 Å². The zero-order valence-electron chi connectivity index (χ0n) is 6.26. The summed E-state index contributed by atoms with van der Waals surface area (Å²) in [4.78, 5) is 4.02. The van der Waals surface area contributed by atoms with E-state index in [0.717, 1.165) is 16.5 Å². The molecular weight excluding hydrogens is 202 g/mol. The van der Waals surface area contributed by atoms with Crippen LogP contribution in [-0.2, 0) is 6.42 Å². The molecule has 2 heteroatoms. The van der Waals surface area contributed by atoms with Gasteiger partial charge in [0, 0.05) is 23.3 Å². The van der Waals surface area contributed by atoms with E-state index in [0.29, 0.717) is 0 Å². The molecule has 0 fully saturated rings. The van der Waals surface area contributed by atoms with Crippen LogP contribution in [0.15, 0.2) is 22.9 Å². The Labute approximate surface area is 75.0 Å². The minimum Gasteiger partial charge on any atom is -0.263 e. The standard InChI is InChI=1S/C9H8BrN/c1-2-3-4-8-5-9(10)7-11-6-8/h5-7H,4H2,1H3. The van der Waals surface area contributed by atoms with Crippen molar-refractivity contribution in [1.29, 1.82) is 0 Å². The van der Waals surface area contributed by atoms with Gasteiger partial charge < -0.3 is 0 Å². The van der Waals surface area contributed by atoms with E-state index in [9.17, 15) is 0 Å². The molecule has 0 radical (unpaired) electrons. The first-order chi connectivity index (χ1) is 5.33. The van der Waals surface area contributed by atoms with Gasteiger partial charge in [-0.05, 0) is 34.5 Å². The average Bonchev–Trinajstić information content (AvgIpc) is 2.01. The summed E-state index contributed by atoms with van der Waals surface area (Å²) in [5.74, 6) is 5.82. The molecule has 0 aliphatic rings. The molecule has 0 bridgehead atoms. The molecule has 1 heterocycles. The van der Waals surface area contributed by atoms with E-state index in [1.807, 2.05) is 19.2 Å². The van der Waals surface area contributed by atoms with Gasteiger partial charge >= 0.3 is 0 Å². The number of nitrogens with zero attached hydrogens (tertiary/aromatic N) is 1. The molecule has 1 nitrogen and oxygen atoms in total. The minimum absolute atomic E-state index is 0.781. The van der Waals surface area contributed by atoms with Gasteiger partial charge in [0.2, 0.25) is 0 Å². The lowest BCUT2D eigenvalue weighted by atomic mass is 10.2. The predicted molar refractivity (Wildman–Crippen MR) is 49.1 cm³/mol. The molecule has 56 valence electrons. The first-order valence-corrected chi connectivity index (χ1v) is 4.11. The van der Waals surface area contributed by atoms with Crippen molar-refractivity contribution in [1.82, 2.24) is 4.98 Å². The third kappa shape index (κ3) is 2.73. The maximum Gasteiger partial charge on any atom is 0.0410 e. The van der Waals surface area contributed by atoms with Crippen LogP contribution in [0.2, 0.25) is 0 Å². The van der Waals surface area contributed by atoms with Crippen LogP contribution in [0.3, 0.4) is 0 Å². The summed E-state index contributed by atoms with van der Waals surface area (Å²) in [5, 5.41) is 0. The topological polar surface area (TPSA) is 12.9 Å². The second kappa shape index (κ2) is 4.15. The maximum atomic E-state index is 4.02. The zero-order valence-corrected chi connectivity index (χ0v) is 7.85. The minimum atomic E-state index is 0.781. The highest BCUT2D eigenvalue weighted by Crippen LogP contribution is 2.09. The molecule has 0 N–H and O–H groups in total. The van der Waals surface area contributed by atoms with Gasteiger partial charge in [0.05, 0.1) is 0 Å². The number of rotatable bonds is 1. The van der Waals surface area contributed by atoms with Crippen LogP contribution in [0.25, 0.3) is 0 Å². The van der Waals surface area contributed by atoms with E-state index >= 15 is 0 Å². The molecular formula is C9H8BrN. The van der Waals surface area contributed by atoms with Crippen LogP contribution >= 0.6 is 15.9 Å². The van der Waals surface area contributed by atoms with Crippen LogP contribution in [0.1, 0.15) is 12.5 Å². The van der Waals surface area contributed by atoms with Crippen molar-refractivity contribution in [3.05, 3.63) is 28.5 Å². The maximum absolute atomic E-state index is 4.02. The highest BCUT2D eigenvalue weighted by atomic mass is 79.9. The van der Waals surface area contributed by atoms with Crippen LogP contribution < -0.4 is 0 Å². The SMILES string of the molecule is CC#CCc1cncc(Br)c1. The zero-order chi connectivity index (χ0) is 8.10.